The van der Waals surface area contributed by atoms with E-state index in [0.717, 1.165) is 31.2 Å². The Bertz CT molecular complexity index is 513. The minimum Gasteiger partial charge on any atom is -0.387 e. The molecule has 0 aliphatic heterocycles. The molecule has 4 N–H and O–H groups in total. The van der Waals surface area contributed by atoms with Crippen molar-refractivity contribution < 1.29 is 9.90 Å². The minimum absolute atomic E-state index is 0.0694. The summed E-state index contributed by atoms with van der Waals surface area (Å²) >= 11 is 0. The van der Waals surface area contributed by atoms with E-state index in [1.54, 1.807) is 6.07 Å². The lowest BCUT2D eigenvalue weighted by molar-refractivity contribution is 0.0975. The number of aliphatic hydroxyl groups is 1. The van der Waals surface area contributed by atoms with Gasteiger partial charge < -0.3 is 10.8 Å². The summed E-state index contributed by atoms with van der Waals surface area (Å²) in [6.45, 7) is 0. The SMILES string of the molecule is CN=C(N)NC(=O)c1cnc2c(c1)CCCCC2O. The summed E-state index contributed by atoms with van der Waals surface area (Å²) < 4.78 is 0. The molecule has 0 aromatic carbocycles. The average molecular weight is 262 g/mol. The summed E-state index contributed by atoms with van der Waals surface area (Å²) in [6.07, 6.45) is 4.45. The highest BCUT2D eigenvalue weighted by molar-refractivity contribution is 6.05. The molecule has 2 rings (SSSR count). The number of guanidine groups is 1. The third-order valence-electron chi connectivity index (χ3n) is 3.24. The molecule has 0 saturated carbocycles. The highest BCUT2D eigenvalue weighted by Crippen LogP contribution is 2.27. The number of hydrogen-bond donors (Lipinski definition) is 3. The summed E-state index contributed by atoms with van der Waals surface area (Å²) in [6, 6.07) is 1.77. The maximum atomic E-state index is 11.9. The predicted octanol–water partition coefficient (Wildman–Crippen LogP) is 0.516. The topological polar surface area (TPSA) is 101 Å². The molecule has 1 aromatic rings. The zero-order chi connectivity index (χ0) is 13.8. The number of aliphatic imine (C=N–C) groups is 1. The van der Waals surface area contributed by atoms with Crippen LogP contribution in [0.3, 0.4) is 0 Å². The van der Waals surface area contributed by atoms with Gasteiger partial charge in [0.05, 0.1) is 17.4 Å². The fourth-order valence-electron chi connectivity index (χ4n) is 2.18. The third kappa shape index (κ3) is 3.08. The number of nitrogens with two attached hydrogens (primary N) is 1. The monoisotopic (exact) mass is 262 g/mol. The van der Waals surface area contributed by atoms with Crippen LogP contribution < -0.4 is 11.1 Å². The van der Waals surface area contributed by atoms with Crippen molar-refractivity contribution >= 4 is 11.9 Å². The van der Waals surface area contributed by atoms with Crippen molar-refractivity contribution in [1.82, 2.24) is 10.3 Å². The summed E-state index contributed by atoms with van der Waals surface area (Å²) in [5, 5.41) is 12.4. The van der Waals surface area contributed by atoms with Gasteiger partial charge in [0, 0.05) is 13.2 Å². The first-order valence-corrected chi connectivity index (χ1v) is 6.32. The van der Waals surface area contributed by atoms with Crippen LogP contribution in [-0.4, -0.2) is 29.0 Å². The lowest BCUT2D eigenvalue weighted by Gasteiger charge is -2.11. The summed E-state index contributed by atoms with van der Waals surface area (Å²) in [5.74, 6) is -0.267. The smallest absolute Gasteiger partial charge is 0.259 e. The third-order valence-corrected chi connectivity index (χ3v) is 3.24. The van der Waals surface area contributed by atoms with E-state index in [4.69, 9.17) is 5.73 Å². The molecule has 0 spiro atoms. The second-order valence-electron chi connectivity index (χ2n) is 4.59. The number of aryl methyl sites for hydroxylation is 1. The summed E-state index contributed by atoms with van der Waals surface area (Å²) in [4.78, 5) is 19.8. The number of nitrogens with one attached hydrogen (secondary N) is 1. The number of nitrogens with zero attached hydrogens (tertiary/aromatic N) is 2. The molecular weight excluding hydrogens is 244 g/mol. The van der Waals surface area contributed by atoms with Crippen molar-refractivity contribution in [3.05, 3.63) is 29.1 Å². The molecule has 1 atom stereocenters. The number of carbonyl (C=O) groups is 1. The van der Waals surface area contributed by atoms with Crippen molar-refractivity contribution in [3.8, 4) is 0 Å². The molecule has 1 amide bonds. The van der Waals surface area contributed by atoms with Gasteiger partial charge >= 0.3 is 0 Å². The van der Waals surface area contributed by atoms with Gasteiger partial charge in [0.1, 0.15) is 0 Å². The molecule has 1 unspecified atom stereocenters. The van der Waals surface area contributed by atoms with Crippen molar-refractivity contribution in [2.45, 2.75) is 31.8 Å². The molecule has 0 bridgehead atoms. The van der Waals surface area contributed by atoms with Crippen molar-refractivity contribution in [1.29, 1.82) is 0 Å². The van der Waals surface area contributed by atoms with Gasteiger partial charge in [-0.2, -0.15) is 0 Å². The Balaban J connectivity index is 2.25. The number of pyridine rings is 1. The molecule has 6 heteroatoms. The first kappa shape index (κ1) is 13.5. The van der Waals surface area contributed by atoms with Crippen molar-refractivity contribution in [2.24, 2.45) is 10.7 Å². The number of rotatable bonds is 1. The number of amides is 1. The minimum atomic E-state index is -0.531. The normalized spacial score (nSPS) is 19.5. The Kier molecular flexibility index (Phi) is 4.11. The fourth-order valence-corrected chi connectivity index (χ4v) is 2.18. The first-order valence-electron chi connectivity index (χ1n) is 6.32. The molecular formula is C13H18N4O2. The molecule has 0 saturated heterocycles. The number of aromatic nitrogens is 1. The van der Waals surface area contributed by atoms with Gasteiger partial charge in [0.15, 0.2) is 5.96 Å². The highest BCUT2D eigenvalue weighted by Gasteiger charge is 2.19. The van der Waals surface area contributed by atoms with Gasteiger partial charge in [0.2, 0.25) is 0 Å². The number of hydrogen-bond acceptors (Lipinski definition) is 4. The van der Waals surface area contributed by atoms with Crippen LogP contribution in [0.1, 0.15) is 47.0 Å². The zero-order valence-corrected chi connectivity index (χ0v) is 10.9. The summed E-state index contributed by atoms with van der Waals surface area (Å²) in [5.41, 5.74) is 7.50. The van der Waals surface area contributed by atoms with Crippen LogP contribution in [0.15, 0.2) is 17.3 Å². The molecule has 19 heavy (non-hydrogen) atoms. The Hall–Kier alpha value is -1.95. The van der Waals surface area contributed by atoms with Gasteiger partial charge in [-0.15, -0.1) is 0 Å². The van der Waals surface area contributed by atoms with Crippen LogP contribution in [0.5, 0.6) is 0 Å². The Labute approximate surface area is 111 Å². The molecule has 0 radical (unpaired) electrons. The molecule has 1 aromatic heterocycles. The predicted molar refractivity (Wildman–Crippen MR) is 71.8 cm³/mol. The van der Waals surface area contributed by atoms with E-state index in [1.807, 2.05) is 0 Å². The fraction of sp³-hybridized carbons (Fsp3) is 0.462. The second kappa shape index (κ2) is 5.79. The van der Waals surface area contributed by atoms with E-state index in [-0.39, 0.29) is 11.9 Å². The highest BCUT2D eigenvalue weighted by atomic mass is 16.3. The second-order valence-corrected chi connectivity index (χ2v) is 4.59. The maximum absolute atomic E-state index is 11.9. The Morgan fingerprint density at radius 1 is 1.58 bits per heavy atom. The van der Waals surface area contributed by atoms with Gasteiger partial charge in [-0.1, -0.05) is 6.42 Å². The van der Waals surface area contributed by atoms with Crippen LogP contribution in [-0.2, 0) is 6.42 Å². The summed E-state index contributed by atoms with van der Waals surface area (Å²) in [7, 11) is 1.50. The van der Waals surface area contributed by atoms with Crippen LogP contribution in [0.4, 0.5) is 0 Å². The number of carbonyl (C=O) groups excluding carboxylic acids is 1. The molecule has 1 aliphatic carbocycles. The van der Waals surface area contributed by atoms with Crippen molar-refractivity contribution in [2.75, 3.05) is 7.05 Å². The quantitative estimate of drug-likeness (QED) is 0.390. The zero-order valence-electron chi connectivity index (χ0n) is 10.9. The van der Waals surface area contributed by atoms with Crippen LogP contribution in [0.25, 0.3) is 0 Å². The molecule has 0 fully saturated rings. The van der Waals surface area contributed by atoms with Gasteiger partial charge in [-0.05, 0) is 30.9 Å². The largest absolute Gasteiger partial charge is 0.387 e. The molecule has 1 aliphatic rings. The van der Waals surface area contributed by atoms with E-state index in [9.17, 15) is 9.90 Å². The van der Waals surface area contributed by atoms with Crippen LogP contribution in [0.2, 0.25) is 0 Å². The average Bonchev–Trinajstić information content (AvgIpc) is 2.60. The lowest BCUT2D eigenvalue weighted by atomic mass is 10.1. The van der Waals surface area contributed by atoms with E-state index in [0.29, 0.717) is 11.3 Å². The molecule has 1 heterocycles. The Morgan fingerprint density at radius 3 is 3.11 bits per heavy atom. The van der Waals surface area contributed by atoms with Crippen LogP contribution >= 0.6 is 0 Å². The Morgan fingerprint density at radius 2 is 2.37 bits per heavy atom. The molecule has 6 nitrogen and oxygen atoms in total. The number of fused-ring (bicyclic) bond motifs is 1. The van der Waals surface area contributed by atoms with Gasteiger partial charge in [-0.25, -0.2) is 0 Å². The van der Waals surface area contributed by atoms with E-state index in [2.05, 4.69) is 15.3 Å². The maximum Gasteiger partial charge on any atom is 0.259 e. The van der Waals surface area contributed by atoms with E-state index in [1.165, 1.54) is 13.2 Å². The van der Waals surface area contributed by atoms with E-state index < -0.39 is 6.10 Å². The van der Waals surface area contributed by atoms with Gasteiger partial charge in [0.25, 0.3) is 5.91 Å². The van der Waals surface area contributed by atoms with Crippen LogP contribution in [0, 0.1) is 0 Å². The van der Waals surface area contributed by atoms with E-state index >= 15 is 0 Å². The van der Waals surface area contributed by atoms with Crippen molar-refractivity contribution in [3.63, 3.8) is 0 Å². The molecule has 102 valence electrons. The lowest BCUT2D eigenvalue weighted by Crippen LogP contribution is -2.36. The van der Waals surface area contributed by atoms with Gasteiger partial charge in [-0.3, -0.25) is 20.1 Å². The first-order chi connectivity index (χ1) is 9.11. The standard InChI is InChI=1S/C13H18N4O2/c1-15-13(14)17-12(19)9-6-8-4-2-3-5-10(18)11(8)16-7-9/h6-7,10,18H,2-5H2,1H3,(H3,14,15,17,19). The number of aliphatic hydroxyl groups excluding tert-OH is 1.